The largest absolute Gasteiger partial charge is 0.480 e. The number of carbonyl (C=O) groups excluding carboxylic acids is 1. The number of hydrogen-bond acceptors (Lipinski definition) is 2. The summed E-state index contributed by atoms with van der Waals surface area (Å²) in [5, 5.41) is 9.18. The van der Waals surface area contributed by atoms with Crippen molar-refractivity contribution < 1.29 is 14.7 Å². The Kier molecular flexibility index (Phi) is 5.36. The highest BCUT2D eigenvalue weighted by Gasteiger charge is 2.28. The molecule has 0 saturated heterocycles. The van der Waals surface area contributed by atoms with Crippen LogP contribution >= 0.6 is 11.6 Å². The number of hydrogen-bond donors (Lipinski definition) is 1. The van der Waals surface area contributed by atoms with Gasteiger partial charge in [-0.3, -0.25) is 9.69 Å². The molecule has 1 N–H and O–H groups in total. The minimum atomic E-state index is -1.05. The van der Waals surface area contributed by atoms with Crippen LogP contribution in [-0.2, 0) is 16.0 Å². The van der Waals surface area contributed by atoms with Crippen LogP contribution in [0.15, 0.2) is 18.2 Å². The Hall–Kier alpha value is -1.55. The van der Waals surface area contributed by atoms with Crippen molar-refractivity contribution in [1.82, 2.24) is 0 Å². The van der Waals surface area contributed by atoms with Crippen molar-refractivity contribution in [2.24, 2.45) is 0 Å². The average molecular weight is 284 g/mol. The van der Waals surface area contributed by atoms with Crippen molar-refractivity contribution in [3.8, 4) is 0 Å². The van der Waals surface area contributed by atoms with Crippen molar-refractivity contribution in [3.05, 3.63) is 29.3 Å². The highest BCUT2D eigenvalue weighted by atomic mass is 35.5. The summed E-state index contributed by atoms with van der Waals surface area (Å²) in [7, 11) is 0. The fourth-order valence-electron chi connectivity index (χ4n) is 2.06. The van der Waals surface area contributed by atoms with E-state index in [1.807, 2.05) is 32.0 Å². The molecule has 0 heterocycles. The van der Waals surface area contributed by atoms with Crippen LogP contribution in [0.2, 0.25) is 0 Å². The summed E-state index contributed by atoms with van der Waals surface area (Å²) in [6.45, 7) is 5.31. The smallest absolute Gasteiger partial charge is 0.326 e. The zero-order chi connectivity index (χ0) is 14.6. The van der Waals surface area contributed by atoms with Gasteiger partial charge in [0.25, 0.3) is 0 Å². The monoisotopic (exact) mass is 283 g/mol. The first-order valence-electron chi connectivity index (χ1n) is 6.13. The Morgan fingerprint density at radius 2 is 2.05 bits per heavy atom. The number of halogens is 1. The third kappa shape index (κ3) is 3.26. The quantitative estimate of drug-likeness (QED) is 0.845. The number of alkyl halides is 1. The maximum Gasteiger partial charge on any atom is 0.326 e. The van der Waals surface area contributed by atoms with E-state index in [2.05, 4.69) is 0 Å². The second-order valence-electron chi connectivity index (χ2n) is 4.35. The van der Waals surface area contributed by atoms with Gasteiger partial charge < -0.3 is 5.11 Å². The molecule has 5 heteroatoms. The van der Waals surface area contributed by atoms with Crippen molar-refractivity contribution in [3.63, 3.8) is 0 Å². The number of carboxylic acid groups (broad SMARTS) is 1. The van der Waals surface area contributed by atoms with Crippen molar-refractivity contribution in [2.75, 3.05) is 10.8 Å². The van der Waals surface area contributed by atoms with E-state index >= 15 is 0 Å². The maximum absolute atomic E-state index is 12.0. The molecule has 0 spiro atoms. The molecule has 0 unspecified atom stereocenters. The predicted molar refractivity (Wildman–Crippen MR) is 75.9 cm³/mol. The number of carbonyl (C=O) groups is 2. The standard InChI is InChI=1S/C14H18ClNO3/c1-4-11-7-5-6-9(2)13(11)16(12(17)8-15)10(3)14(18)19/h5-7,10H,4,8H2,1-3H3,(H,18,19)/t10-/m0/s1. The van der Waals surface area contributed by atoms with Gasteiger partial charge >= 0.3 is 5.97 Å². The number of carboxylic acids is 1. The lowest BCUT2D eigenvalue weighted by molar-refractivity contribution is -0.139. The lowest BCUT2D eigenvalue weighted by Gasteiger charge is -2.29. The summed E-state index contributed by atoms with van der Waals surface area (Å²) in [5.74, 6) is -1.70. The molecule has 0 aromatic heterocycles. The highest BCUT2D eigenvalue weighted by molar-refractivity contribution is 6.29. The van der Waals surface area contributed by atoms with E-state index in [9.17, 15) is 14.7 Å². The number of amides is 1. The van der Waals surface area contributed by atoms with Gasteiger partial charge in [-0.05, 0) is 31.4 Å². The Bertz CT molecular complexity index is 488. The van der Waals surface area contributed by atoms with Crippen LogP contribution < -0.4 is 4.90 Å². The van der Waals surface area contributed by atoms with Gasteiger partial charge in [-0.2, -0.15) is 0 Å². The number of para-hydroxylation sites is 1. The minimum Gasteiger partial charge on any atom is -0.480 e. The first-order chi connectivity index (χ1) is 8.93. The molecule has 0 aliphatic carbocycles. The van der Waals surface area contributed by atoms with Crippen LogP contribution in [-0.4, -0.2) is 28.9 Å². The first-order valence-corrected chi connectivity index (χ1v) is 6.66. The SMILES string of the molecule is CCc1cccc(C)c1N(C(=O)CCl)[C@@H](C)C(=O)O. The number of aryl methyl sites for hydroxylation is 2. The second-order valence-corrected chi connectivity index (χ2v) is 4.62. The molecule has 1 rings (SSSR count). The molecule has 0 radical (unpaired) electrons. The molecule has 1 atom stereocenters. The molecule has 0 bridgehead atoms. The van der Waals surface area contributed by atoms with E-state index in [1.54, 1.807) is 0 Å². The lowest BCUT2D eigenvalue weighted by atomic mass is 10.0. The topological polar surface area (TPSA) is 57.6 Å². The summed E-state index contributed by atoms with van der Waals surface area (Å²) in [6, 6.07) is 4.70. The van der Waals surface area contributed by atoms with Gasteiger partial charge in [-0.25, -0.2) is 4.79 Å². The van der Waals surface area contributed by atoms with E-state index in [4.69, 9.17) is 11.6 Å². The molecule has 0 saturated carbocycles. The Morgan fingerprint density at radius 1 is 1.42 bits per heavy atom. The van der Waals surface area contributed by atoms with Crippen LogP contribution in [0.5, 0.6) is 0 Å². The number of anilines is 1. The van der Waals surface area contributed by atoms with Gasteiger partial charge in [-0.15, -0.1) is 11.6 Å². The van der Waals surface area contributed by atoms with Crippen LogP contribution in [0.3, 0.4) is 0 Å². The minimum absolute atomic E-state index is 0.241. The van der Waals surface area contributed by atoms with E-state index < -0.39 is 17.9 Å². The fourth-order valence-corrected chi connectivity index (χ4v) is 2.19. The number of nitrogens with zero attached hydrogens (tertiary/aromatic N) is 1. The molecule has 1 aromatic rings. The average Bonchev–Trinajstić information content (AvgIpc) is 2.39. The third-order valence-electron chi connectivity index (χ3n) is 3.07. The summed E-state index contributed by atoms with van der Waals surface area (Å²) in [4.78, 5) is 24.5. The van der Waals surface area contributed by atoms with Crippen LogP contribution in [0.1, 0.15) is 25.0 Å². The number of benzene rings is 1. The van der Waals surface area contributed by atoms with E-state index in [0.717, 1.165) is 17.5 Å². The Balaban J connectivity index is 3.40. The Morgan fingerprint density at radius 3 is 2.53 bits per heavy atom. The van der Waals surface area contributed by atoms with Crippen LogP contribution in [0.25, 0.3) is 0 Å². The summed E-state index contributed by atoms with van der Waals surface area (Å²) < 4.78 is 0. The summed E-state index contributed by atoms with van der Waals surface area (Å²) >= 11 is 5.61. The molecule has 0 aliphatic rings. The third-order valence-corrected chi connectivity index (χ3v) is 3.30. The normalized spacial score (nSPS) is 12.0. The lowest BCUT2D eigenvalue weighted by Crippen LogP contribution is -2.45. The molecule has 104 valence electrons. The first kappa shape index (κ1) is 15.5. The molecule has 0 fully saturated rings. The van der Waals surface area contributed by atoms with Crippen LogP contribution in [0, 0.1) is 6.92 Å². The zero-order valence-electron chi connectivity index (χ0n) is 11.3. The highest BCUT2D eigenvalue weighted by Crippen LogP contribution is 2.28. The molecule has 1 amide bonds. The van der Waals surface area contributed by atoms with Gasteiger partial charge in [0.1, 0.15) is 11.9 Å². The molecule has 19 heavy (non-hydrogen) atoms. The zero-order valence-corrected chi connectivity index (χ0v) is 12.1. The van der Waals surface area contributed by atoms with E-state index in [-0.39, 0.29) is 5.88 Å². The van der Waals surface area contributed by atoms with Crippen molar-refractivity contribution >= 4 is 29.2 Å². The predicted octanol–water partition coefficient (Wildman–Crippen LogP) is 2.60. The van der Waals surface area contributed by atoms with Gasteiger partial charge in [0, 0.05) is 0 Å². The van der Waals surface area contributed by atoms with Gasteiger partial charge in [0.2, 0.25) is 5.91 Å². The number of aliphatic carboxylic acids is 1. The van der Waals surface area contributed by atoms with Gasteiger partial charge in [0.05, 0.1) is 5.69 Å². The van der Waals surface area contributed by atoms with E-state index in [1.165, 1.54) is 11.8 Å². The number of rotatable bonds is 5. The molecular weight excluding hydrogens is 266 g/mol. The maximum atomic E-state index is 12.0. The van der Waals surface area contributed by atoms with E-state index in [0.29, 0.717) is 5.69 Å². The van der Waals surface area contributed by atoms with Crippen LogP contribution in [0.4, 0.5) is 5.69 Å². The van der Waals surface area contributed by atoms with Gasteiger partial charge in [-0.1, -0.05) is 25.1 Å². The molecule has 4 nitrogen and oxygen atoms in total. The van der Waals surface area contributed by atoms with Crippen molar-refractivity contribution in [1.29, 1.82) is 0 Å². The van der Waals surface area contributed by atoms with Crippen molar-refractivity contribution in [2.45, 2.75) is 33.2 Å². The van der Waals surface area contributed by atoms with Gasteiger partial charge in [0.15, 0.2) is 0 Å². The molecule has 1 aromatic carbocycles. The fraction of sp³-hybridized carbons (Fsp3) is 0.429. The second kappa shape index (κ2) is 6.57. The molecular formula is C14H18ClNO3. The summed E-state index contributed by atoms with van der Waals surface area (Å²) in [6.07, 6.45) is 0.718. The Labute approximate surface area is 118 Å². The molecule has 0 aliphatic heterocycles. The summed E-state index contributed by atoms with van der Waals surface area (Å²) in [5.41, 5.74) is 2.46.